The zero-order valence-electron chi connectivity index (χ0n) is 7.59. The first kappa shape index (κ1) is 9.69. The molecule has 0 N–H and O–H groups in total. The molecule has 72 valence electrons. The summed E-state index contributed by atoms with van der Waals surface area (Å²) in [6.45, 7) is 1.93. The molecule has 0 saturated carbocycles. The van der Waals surface area contributed by atoms with Gasteiger partial charge in [0.15, 0.2) is 0 Å². The van der Waals surface area contributed by atoms with Crippen LogP contribution in [0.3, 0.4) is 0 Å². The van der Waals surface area contributed by atoms with E-state index in [9.17, 15) is 0 Å². The van der Waals surface area contributed by atoms with E-state index in [1.165, 1.54) is 0 Å². The zero-order valence-corrected chi connectivity index (χ0v) is 9.10. The number of benzene rings is 1. The van der Waals surface area contributed by atoms with Crippen LogP contribution in [0.4, 0.5) is 0 Å². The van der Waals surface area contributed by atoms with Gasteiger partial charge in [-0.2, -0.15) is 0 Å². The van der Waals surface area contributed by atoms with Crippen molar-refractivity contribution in [3.8, 4) is 0 Å². The van der Waals surface area contributed by atoms with Crippen LogP contribution in [0, 0.1) is 6.92 Å². The van der Waals surface area contributed by atoms with Gasteiger partial charge in [0.25, 0.3) is 0 Å². The van der Waals surface area contributed by atoms with E-state index in [-0.39, 0.29) is 0 Å². The largest absolute Gasteiger partial charge is 0.236 e. The summed E-state index contributed by atoms with van der Waals surface area (Å²) >= 11 is 11.6. The Kier molecular flexibility index (Phi) is 2.57. The minimum absolute atomic E-state index is 0.333. The number of aryl methyl sites for hydroxylation is 1. The number of aromatic nitrogens is 2. The summed E-state index contributed by atoms with van der Waals surface area (Å²) < 4.78 is 0. The molecular formula is C10H8Cl2N2. The number of nitrogens with zero attached hydrogens (tertiary/aromatic N) is 2. The van der Waals surface area contributed by atoms with E-state index < -0.39 is 0 Å². The molecule has 0 amide bonds. The first-order chi connectivity index (χ1) is 6.70. The predicted molar refractivity (Wildman–Crippen MR) is 58.8 cm³/mol. The Morgan fingerprint density at radius 2 is 2.07 bits per heavy atom. The van der Waals surface area contributed by atoms with Gasteiger partial charge in [0.05, 0.1) is 11.4 Å². The molecule has 2 nitrogen and oxygen atoms in total. The highest BCUT2D eigenvalue weighted by atomic mass is 35.5. The highest BCUT2D eigenvalue weighted by Crippen LogP contribution is 2.20. The molecule has 0 aliphatic heterocycles. The third kappa shape index (κ3) is 1.68. The Labute approximate surface area is 91.9 Å². The zero-order chi connectivity index (χ0) is 10.1. The maximum atomic E-state index is 5.88. The Balaban J connectivity index is 2.76. The molecule has 0 bridgehead atoms. The first-order valence-corrected chi connectivity index (χ1v) is 5.10. The number of alkyl halides is 1. The molecule has 1 aromatic heterocycles. The van der Waals surface area contributed by atoms with Crippen molar-refractivity contribution in [2.45, 2.75) is 12.8 Å². The Bertz CT molecular complexity index is 483. The SMILES string of the molecule is Cc1nc(CCl)nc2ccc(Cl)cc12. The van der Waals surface area contributed by atoms with Crippen LogP contribution in [0.1, 0.15) is 11.5 Å². The molecule has 2 rings (SSSR count). The standard InChI is InChI=1S/C10H8Cl2N2/c1-6-8-4-7(12)2-3-9(8)14-10(5-11)13-6/h2-4H,5H2,1H3. The van der Waals surface area contributed by atoms with Crippen molar-refractivity contribution in [2.75, 3.05) is 0 Å². The van der Waals surface area contributed by atoms with E-state index in [1.807, 2.05) is 25.1 Å². The van der Waals surface area contributed by atoms with Gasteiger partial charge in [-0.05, 0) is 25.1 Å². The van der Waals surface area contributed by atoms with Crippen LogP contribution in [0.15, 0.2) is 18.2 Å². The fraction of sp³-hybridized carbons (Fsp3) is 0.200. The van der Waals surface area contributed by atoms with E-state index in [1.54, 1.807) is 0 Å². The van der Waals surface area contributed by atoms with Gasteiger partial charge in [-0.15, -0.1) is 11.6 Å². The summed E-state index contributed by atoms with van der Waals surface area (Å²) in [4.78, 5) is 8.55. The molecule has 0 fully saturated rings. The topological polar surface area (TPSA) is 25.8 Å². The third-order valence-corrected chi connectivity index (χ3v) is 2.49. The number of halogens is 2. The van der Waals surface area contributed by atoms with Crippen LogP contribution in [-0.4, -0.2) is 9.97 Å². The summed E-state index contributed by atoms with van der Waals surface area (Å²) in [5.41, 5.74) is 1.80. The van der Waals surface area contributed by atoms with E-state index in [0.29, 0.717) is 16.7 Å². The fourth-order valence-corrected chi connectivity index (χ4v) is 1.66. The van der Waals surface area contributed by atoms with Crippen LogP contribution >= 0.6 is 23.2 Å². The molecule has 0 aliphatic rings. The molecule has 0 unspecified atom stereocenters. The van der Waals surface area contributed by atoms with Gasteiger partial charge in [-0.3, -0.25) is 0 Å². The molecule has 2 aromatic rings. The highest BCUT2D eigenvalue weighted by molar-refractivity contribution is 6.31. The highest BCUT2D eigenvalue weighted by Gasteiger charge is 2.03. The lowest BCUT2D eigenvalue weighted by atomic mass is 10.2. The predicted octanol–water partition coefficient (Wildman–Crippen LogP) is 3.33. The lowest BCUT2D eigenvalue weighted by Crippen LogP contribution is -1.95. The Morgan fingerprint density at radius 1 is 1.29 bits per heavy atom. The minimum atomic E-state index is 0.333. The summed E-state index contributed by atoms with van der Waals surface area (Å²) in [7, 11) is 0. The lowest BCUT2D eigenvalue weighted by Gasteiger charge is -2.03. The lowest BCUT2D eigenvalue weighted by molar-refractivity contribution is 1.03. The summed E-state index contributed by atoms with van der Waals surface area (Å²) in [5, 5.41) is 1.68. The molecule has 0 atom stereocenters. The average molecular weight is 227 g/mol. The summed E-state index contributed by atoms with van der Waals surface area (Å²) in [5.74, 6) is 0.985. The van der Waals surface area contributed by atoms with Crippen molar-refractivity contribution in [1.82, 2.24) is 9.97 Å². The minimum Gasteiger partial charge on any atom is -0.236 e. The number of rotatable bonds is 1. The van der Waals surface area contributed by atoms with Crippen molar-refractivity contribution < 1.29 is 0 Å². The van der Waals surface area contributed by atoms with E-state index in [4.69, 9.17) is 23.2 Å². The second kappa shape index (κ2) is 3.71. The van der Waals surface area contributed by atoms with Gasteiger partial charge >= 0.3 is 0 Å². The molecular weight excluding hydrogens is 219 g/mol. The van der Waals surface area contributed by atoms with Gasteiger partial charge < -0.3 is 0 Å². The monoisotopic (exact) mass is 226 g/mol. The molecule has 1 aromatic carbocycles. The van der Waals surface area contributed by atoms with Gasteiger partial charge in [0.2, 0.25) is 0 Å². The van der Waals surface area contributed by atoms with Gasteiger partial charge in [0.1, 0.15) is 5.82 Å². The molecule has 0 spiro atoms. The molecule has 1 heterocycles. The average Bonchev–Trinajstić information content (AvgIpc) is 2.19. The van der Waals surface area contributed by atoms with Crippen LogP contribution in [0.5, 0.6) is 0 Å². The molecule has 4 heteroatoms. The van der Waals surface area contributed by atoms with Crippen LogP contribution in [0.25, 0.3) is 10.9 Å². The fourth-order valence-electron chi connectivity index (χ4n) is 1.37. The van der Waals surface area contributed by atoms with Crippen LogP contribution in [-0.2, 0) is 5.88 Å². The first-order valence-electron chi connectivity index (χ1n) is 4.19. The smallest absolute Gasteiger partial charge is 0.144 e. The maximum Gasteiger partial charge on any atom is 0.144 e. The van der Waals surface area contributed by atoms with Gasteiger partial charge in [0, 0.05) is 16.1 Å². The van der Waals surface area contributed by atoms with Crippen LogP contribution < -0.4 is 0 Å². The van der Waals surface area contributed by atoms with Crippen molar-refractivity contribution >= 4 is 34.1 Å². The van der Waals surface area contributed by atoms with Crippen molar-refractivity contribution in [3.05, 3.63) is 34.7 Å². The van der Waals surface area contributed by atoms with E-state index >= 15 is 0 Å². The van der Waals surface area contributed by atoms with Gasteiger partial charge in [-0.25, -0.2) is 9.97 Å². The maximum absolute atomic E-state index is 5.88. The number of hydrogen-bond donors (Lipinski definition) is 0. The Hall–Kier alpha value is -0.860. The van der Waals surface area contributed by atoms with Crippen molar-refractivity contribution in [3.63, 3.8) is 0 Å². The quantitative estimate of drug-likeness (QED) is 0.698. The van der Waals surface area contributed by atoms with Gasteiger partial charge in [-0.1, -0.05) is 11.6 Å². The second-order valence-electron chi connectivity index (χ2n) is 3.02. The van der Waals surface area contributed by atoms with Crippen molar-refractivity contribution in [1.29, 1.82) is 0 Å². The third-order valence-electron chi connectivity index (χ3n) is 2.01. The molecule has 0 aliphatic carbocycles. The number of fused-ring (bicyclic) bond motifs is 1. The Morgan fingerprint density at radius 3 is 2.79 bits per heavy atom. The van der Waals surface area contributed by atoms with Crippen molar-refractivity contribution in [2.24, 2.45) is 0 Å². The summed E-state index contributed by atoms with van der Waals surface area (Å²) in [6, 6.07) is 5.56. The summed E-state index contributed by atoms with van der Waals surface area (Å²) in [6.07, 6.45) is 0. The molecule has 14 heavy (non-hydrogen) atoms. The van der Waals surface area contributed by atoms with E-state index in [2.05, 4.69) is 9.97 Å². The second-order valence-corrected chi connectivity index (χ2v) is 3.72. The normalized spacial score (nSPS) is 10.8. The van der Waals surface area contributed by atoms with E-state index in [0.717, 1.165) is 16.6 Å². The number of hydrogen-bond acceptors (Lipinski definition) is 2. The van der Waals surface area contributed by atoms with Crippen LogP contribution in [0.2, 0.25) is 5.02 Å². The molecule has 0 saturated heterocycles. The molecule has 0 radical (unpaired) electrons.